The molecule has 1 unspecified atom stereocenters. The maximum Gasteiger partial charge on any atom is 0.227 e. The number of anilines is 1. The fraction of sp³-hybridized carbons (Fsp3) is 0.567. The van der Waals surface area contributed by atoms with Gasteiger partial charge in [0.1, 0.15) is 11.9 Å². The minimum Gasteiger partial charge on any atom is -0.488 e. The van der Waals surface area contributed by atoms with Crippen LogP contribution in [0.1, 0.15) is 57.1 Å². The Morgan fingerprint density at radius 3 is 2.66 bits per heavy atom. The van der Waals surface area contributed by atoms with Crippen LogP contribution in [0.4, 0.5) is 5.69 Å². The number of likely N-dealkylation sites (N-methyl/N-ethyl adjacent to an activating group) is 1. The van der Waals surface area contributed by atoms with Gasteiger partial charge in [0, 0.05) is 55.1 Å². The number of aliphatic hydroxyl groups is 1. The number of benzene rings is 1. The Balaban J connectivity index is 1.57. The van der Waals surface area contributed by atoms with Crippen molar-refractivity contribution in [2.75, 3.05) is 32.1 Å². The number of nitrogens with one attached hydrogen (secondary N) is 1. The predicted octanol–water partition coefficient (Wildman–Crippen LogP) is 3.88. The quantitative estimate of drug-likeness (QED) is 0.546. The van der Waals surface area contributed by atoms with Crippen LogP contribution in [0.2, 0.25) is 0 Å². The first kappa shape index (κ1) is 28.0. The predicted molar refractivity (Wildman–Crippen MR) is 148 cm³/mol. The molecule has 2 amide bonds. The van der Waals surface area contributed by atoms with E-state index in [4.69, 9.17) is 4.74 Å². The summed E-state index contributed by atoms with van der Waals surface area (Å²) in [4.78, 5) is 34.4. The van der Waals surface area contributed by atoms with Crippen molar-refractivity contribution in [2.24, 2.45) is 11.8 Å². The number of carbonyl (C=O) groups is 2. The van der Waals surface area contributed by atoms with Crippen molar-refractivity contribution in [1.82, 2.24) is 14.8 Å². The lowest BCUT2D eigenvalue weighted by Gasteiger charge is -2.34. The molecule has 1 aromatic heterocycles. The summed E-state index contributed by atoms with van der Waals surface area (Å²) < 4.78 is 6.62. The first-order chi connectivity index (χ1) is 18.3. The number of hydrogen-bond donors (Lipinski definition) is 2. The van der Waals surface area contributed by atoms with Crippen LogP contribution in [-0.2, 0) is 22.6 Å². The Kier molecular flexibility index (Phi) is 9.74. The number of carbonyl (C=O) groups excluding carboxylic acids is 2. The van der Waals surface area contributed by atoms with E-state index in [-0.39, 0.29) is 48.8 Å². The molecule has 0 saturated heterocycles. The molecule has 2 aliphatic rings. The third-order valence-corrected chi connectivity index (χ3v) is 7.85. The first-order valence-electron chi connectivity index (χ1n) is 13.9. The molecule has 4 rings (SSSR count). The van der Waals surface area contributed by atoms with Gasteiger partial charge in [-0.2, -0.15) is 0 Å². The van der Waals surface area contributed by atoms with E-state index in [0.29, 0.717) is 24.5 Å². The lowest BCUT2D eigenvalue weighted by atomic mass is 9.88. The minimum atomic E-state index is -0.295. The van der Waals surface area contributed by atoms with E-state index in [9.17, 15) is 14.7 Å². The lowest BCUT2D eigenvalue weighted by molar-refractivity contribution is -0.134. The van der Waals surface area contributed by atoms with Crippen molar-refractivity contribution in [3.63, 3.8) is 0 Å². The van der Waals surface area contributed by atoms with Crippen molar-refractivity contribution in [1.29, 1.82) is 0 Å². The van der Waals surface area contributed by atoms with E-state index >= 15 is 0 Å². The first-order valence-corrected chi connectivity index (χ1v) is 13.9. The number of rotatable bonds is 8. The molecule has 2 heterocycles. The summed E-state index contributed by atoms with van der Waals surface area (Å²) in [5.74, 6) is 0.754. The van der Waals surface area contributed by atoms with Crippen LogP contribution >= 0.6 is 0 Å². The second kappa shape index (κ2) is 13.2. The Morgan fingerprint density at radius 1 is 1.21 bits per heavy atom. The summed E-state index contributed by atoms with van der Waals surface area (Å²) in [7, 11) is 2.06. The summed E-state index contributed by atoms with van der Waals surface area (Å²) in [6, 6.07) is 9.35. The number of ether oxygens (including phenoxy) is 1. The van der Waals surface area contributed by atoms with Crippen molar-refractivity contribution < 1.29 is 19.4 Å². The van der Waals surface area contributed by atoms with Gasteiger partial charge in [-0.3, -0.25) is 19.5 Å². The maximum atomic E-state index is 13.4. The number of amides is 2. The molecular weight excluding hydrogens is 480 g/mol. The number of fused-ring (bicyclic) bond motifs is 1. The molecule has 1 saturated carbocycles. The van der Waals surface area contributed by atoms with Gasteiger partial charge < -0.3 is 20.1 Å². The van der Waals surface area contributed by atoms with Crippen LogP contribution in [0.5, 0.6) is 5.75 Å². The molecule has 8 heteroatoms. The van der Waals surface area contributed by atoms with Gasteiger partial charge in [0.2, 0.25) is 11.8 Å². The zero-order valence-electron chi connectivity index (χ0n) is 22.9. The number of pyridine rings is 1. The molecule has 1 aromatic carbocycles. The van der Waals surface area contributed by atoms with Gasteiger partial charge >= 0.3 is 0 Å². The summed E-state index contributed by atoms with van der Waals surface area (Å²) in [6.07, 6.45) is 8.81. The lowest BCUT2D eigenvalue weighted by Crippen LogP contribution is -2.47. The van der Waals surface area contributed by atoms with Crippen LogP contribution in [0.15, 0.2) is 42.7 Å². The zero-order chi connectivity index (χ0) is 27.1. The standard InChI is InChI=1S/C30H42N4O4/c1-21-17-34(22(2)20-35)29(36)16-25-15-26(32-30(37)24-7-5-4-6-8-24)9-10-27(25)38-28(21)19-33(3)18-23-11-13-31-14-12-23/h9-15,21-22,24,28,35H,4-8,16-20H2,1-3H3,(H,32,37)/t21-,22+,28?/m1/s1. The van der Waals surface area contributed by atoms with Gasteiger partial charge in [-0.05, 0) is 62.7 Å². The number of hydrogen-bond acceptors (Lipinski definition) is 6. The summed E-state index contributed by atoms with van der Waals surface area (Å²) in [6.45, 7) is 5.78. The molecule has 1 aliphatic heterocycles. The minimum absolute atomic E-state index is 0.0319. The maximum absolute atomic E-state index is 13.4. The molecule has 1 fully saturated rings. The molecule has 8 nitrogen and oxygen atoms in total. The highest BCUT2D eigenvalue weighted by atomic mass is 16.5. The number of aliphatic hydroxyl groups excluding tert-OH is 1. The fourth-order valence-corrected chi connectivity index (χ4v) is 5.51. The highest BCUT2D eigenvalue weighted by molar-refractivity contribution is 5.93. The normalized spacial score (nSPS) is 21.6. The van der Waals surface area contributed by atoms with Crippen LogP contribution in [0, 0.1) is 11.8 Å². The molecule has 2 N–H and O–H groups in total. The van der Waals surface area contributed by atoms with Crippen molar-refractivity contribution >= 4 is 17.5 Å². The third kappa shape index (κ3) is 7.32. The van der Waals surface area contributed by atoms with E-state index < -0.39 is 0 Å². The van der Waals surface area contributed by atoms with Gasteiger partial charge in [0.25, 0.3) is 0 Å². The second-order valence-corrected chi connectivity index (χ2v) is 11.1. The van der Waals surface area contributed by atoms with Gasteiger partial charge in [-0.15, -0.1) is 0 Å². The topological polar surface area (TPSA) is 95.0 Å². The Bertz CT molecular complexity index is 1070. The largest absolute Gasteiger partial charge is 0.488 e. The molecular formula is C30H42N4O4. The Morgan fingerprint density at radius 2 is 1.95 bits per heavy atom. The molecule has 206 valence electrons. The van der Waals surface area contributed by atoms with E-state index in [2.05, 4.69) is 29.2 Å². The van der Waals surface area contributed by atoms with Crippen LogP contribution in [0.25, 0.3) is 0 Å². The van der Waals surface area contributed by atoms with Crippen LogP contribution in [-0.4, -0.2) is 70.6 Å². The van der Waals surface area contributed by atoms with Gasteiger partial charge in [-0.1, -0.05) is 26.2 Å². The summed E-state index contributed by atoms with van der Waals surface area (Å²) in [5, 5.41) is 13.0. The smallest absolute Gasteiger partial charge is 0.227 e. The number of nitrogens with zero attached hydrogens (tertiary/aromatic N) is 3. The van der Waals surface area contributed by atoms with Crippen molar-refractivity contribution in [3.05, 3.63) is 53.9 Å². The SMILES string of the molecule is C[C@@H]1CN([C@@H](C)CO)C(=O)Cc2cc(NC(=O)C3CCCCC3)ccc2OC1CN(C)Cc1ccncc1. The number of aromatic nitrogens is 1. The Hall–Kier alpha value is -2.97. The molecule has 0 spiro atoms. The monoisotopic (exact) mass is 522 g/mol. The van der Waals surface area contributed by atoms with E-state index in [0.717, 1.165) is 37.8 Å². The molecule has 0 bridgehead atoms. The zero-order valence-corrected chi connectivity index (χ0v) is 22.9. The van der Waals surface area contributed by atoms with E-state index in [1.165, 1.54) is 12.0 Å². The highest BCUT2D eigenvalue weighted by Gasteiger charge is 2.31. The average molecular weight is 523 g/mol. The molecule has 3 atom stereocenters. The Labute approximate surface area is 226 Å². The van der Waals surface area contributed by atoms with E-state index in [1.807, 2.05) is 37.3 Å². The molecule has 2 aromatic rings. The molecule has 38 heavy (non-hydrogen) atoms. The van der Waals surface area contributed by atoms with Crippen molar-refractivity contribution in [3.8, 4) is 5.75 Å². The van der Waals surface area contributed by atoms with Gasteiger partial charge in [0.15, 0.2) is 0 Å². The third-order valence-electron chi connectivity index (χ3n) is 7.85. The van der Waals surface area contributed by atoms with Crippen LogP contribution < -0.4 is 10.1 Å². The summed E-state index contributed by atoms with van der Waals surface area (Å²) in [5.41, 5.74) is 2.61. The van der Waals surface area contributed by atoms with Gasteiger partial charge in [-0.25, -0.2) is 0 Å². The second-order valence-electron chi connectivity index (χ2n) is 11.1. The van der Waals surface area contributed by atoms with Crippen LogP contribution in [0.3, 0.4) is 0 Å². The van der Waals surface area contributed by atoms with E-state index in [1.54, 1.807) is 17.3 Å². The fourth-order valence-electron chi connectivity index (χ4n) is 5.51. The highest BCUT2D eigenvalue weighted by Crippen LogP contribution is 2.30. The van der Waals surface area contributed by atoms with Gasteiger partial charge in [0.05, 0.1) is 19.1 Å². The van der Waals surface area contributed by atoms with Crippen molar-refractivity contribution in [2.45, 2.75) is 71.1 Å². The molecule has 1 aliphatic carbocycles. The average Bonchev–Trinajstić information content (AvgIpc) is 2.97. The summed E-state index contributed by atoms with van der Waals surface area (Å²) >= 11 is 0. The molecule has 0 radical (unpaired) electrons.